The van der Waals surface area contributed by atoms with Crippen LogP contribution in [0, 0.1) is 40.4 Å². The molecule has 2 unspecified atom stereocenters. The van der Waals surface area contributed by atoms with E-state index in [1.165, 1.54) is 13.5 Å². The zero-order chi connectivity index (χ0) is 26.2. The number of ether oxygens (including phenoxy) is 3. The van der Waals surface area contributed by atoms with Crippen LogP contribution in [0.2, 0.25) is 0 Å². The Labute approximate surface area is 215 Å². The van der Waals surface area contributed by atoms with E-state index in [2.05, 4.69) is 20.8 Å². The third-order valence-corrected chi connectivity index (χ3v) is 12.1. The molecule has 0 aromatic rings. The number of hydrogen-bond acceptors (Lipinski definition) is 8. The highest BCUT2D eigenvalue weighted by molar-refractivity contribution is 5.73. The Kier molecular flexibility index (Phi) is 6.83. The average Bonchev–Trinajstić information content (AvgIpc) is 3.10. The Hall–Kier alpha value is -0.770. The highest BCUT2D eigenvalue weighted by Crippen LogP contribution is 2.69. The summed E-state index contributed by atoms with van der Waals surface area (Å²) >= 11 is 0. The molecule has 1 aliphatic heterocycles. The number of nitrogens with two attached hydrogens (primary N) is 1. The number of esters is 1. The van der Waals surface area contributed by atoms with E-state index in [0.717, 1.165) is 38.5 Å². The van der Waals surface area contributed by atoms with Crippen molar-refractivity contribution in [1.82, 2.24) is 0 Å². The quantitative estimate of drug-likeness (QED) is 0.337. The van der Waals surface area contributed by atoms with Crippen LogP contribution in [0.1, 0.15) is 79.1 Å². The molecule has 5 rings (SSSR count). The number of rotatable bonds is 3. The molecule has 1 heterocycles. The van der Waals surface area contributed by atoms with Crippen molar-refractivity contribution in [3.05, 3.63) is 0 Å². The first-order chi connectivity index (χ1) is 16.9. The summed E-state index contributed by atoms with van der Waals surface area (Å²) in [4.78, 5) is 13.3. The van der Waals surface area contributed by atoms with Crippen molar-refractivity contribution in [2.45, 2.75) is 121 Å². The summed E-state index contributed by atoms with van der Waals surface area (Å²) in [5.74, 6) is 0.880. The summed E-state index contributed by atoms with van der Waals surface area (Å²) in [6, 6.07) is 0. The van der Waals surface area contributed by atoms with Gasteiger partial charge in [0.25, 0.3) is 0 Å². The molecular weight excluding hydrogens is 462 g/mol. The molecule has 5 N–H and O–H groups in total. The van der Waals surface area contributed by atoms with Crippen molar-refractivity contribution in [2.75, 3.05) is 7.11 Å². The van der Waals surface area contributed by atoms with Crippen LogP contribution in [0.15, 0.2) is 0 Å². The van der Waals surface area contributed by atoms with E-state index in [4.69, 9.17) is 19.9 Å². The van der Waals surface area contributed by atoms with Gasteiger partial charge in [0.15, 0.2) is 6.29 Å². The maximum Gasteiger partial charge on any atom is 0.311 e. The van der Waals surface area contributed by atoms with Crippen LogP contribution in [0.25, 0.3) is 0 Å². The molecule has 8 nitrogen and oxygen atoms in total. The summed E-state index contributed by atoms with van der Waals surface area (Å²) in [7, 11) is 1.42. The second-order valence-electron chi connectivity index (χ2n) is 13.3. The molecule has 1 saturated heterocycles. The molecule has 0 bridgehead atoms. The molecule has 5 fully saturated rings. The highest BCUT2D eigenvalue weighted by atomic mass is 16.7. The van der Waals surface area contributed by atoms with Crippen molar-refractivity contribution in [3.8, 4) is 0 Å². The largest absolute Gasteiger partial charge is 0.469 e. The van der Waals surface area contributed by atoms with Gasteiger partial charge in [0.2, 0.25) is 0 Å². The van der Waals surface area contributed by atoms with Crippen molar-refractivity contribution in [1.29, 1.82) is 0 Å². The Balaban J connectivity index is 1.40. The van der Waals surface area contributed by atoms with Crippen LogP contribution in [-0.4, -0.2) is 70.7 Å². The molecule has 36 heavy (non-hydrogen) atoms. The van der Waals surface area contributed by atoms with Gasteiger partial charge in [-0.25, -0.2) is 0 Å². The third kappa shape index (κ3) is 3.65. The molecule has 206 valence electrons. The van der Waals surface area contributed by atoms with Crippen LogP contribution >= 0.6 is 0 Å². The maximum atomic E-state index is 13.3. The number of aliphatic hydroxyl groups excluding tert-OH is 3. The molecule has 8 heteroatoms. The highest BCUT2D eigenvalue weighted by Gasteiger charge is 2.67. The first kappa shape index (κ1) is 26.8. The molecular formula is C28H47NO7. The van der Waals surface area contributed by atoms with Gasteiger partial charge in [0, 0.05) is 5.54 Å². The van der Waals surface area contributed by atoms with Crippen LogP contribution < -0.4 is 5.73 Å². The van der Waals surface area contributed by atoms with Crippen molar-refractivity contribution >= 4 is 5.97 Å². The lowest BCUT2D eigenvalue weighted by atomic mass is 9.41. The molecule has 0 spiro atoms. The fourth-order valence-corrected chi connectivity index (χ4v) is 9.59. The fraction of sp³-hybridized carbons (Fsp3) is 0.964. The summed E-state index contributed by atoms with van der Waals surface area (Å²) in [6.07, 6.45) is 1.75. The number of hydrogen-bond donors (Lipinski definition) is 4. The Morgan fingerprint density at radius 2 is 1.58 bits per heavy atom. The standard InChI is InChI=1S/C28H47NO7/c1-14-8-13-28(29)17-6-7-18-20(24(33)34-5)19(36-25-23(32)22(31)21(30)15(2)35-25)10-11-26(18,3)16(17)9-12-27(14,28)4/h14-23,25,30-32H,6-13,29H2,1-5H3/t14-,15-,16-,17+,18?,19-,20?,21-,22+,23+,25-,26+,27+,28-/m0/s1. The van der Waals surface area contributed by atoms with Gasteiger partial charge in [0.1, 0.15) is 18.3 Å². The Morgan fingerprint density at radius 1 is 0.889 bits per heavy atom. The molecule has 5 aliphatic rings. The first-order valence-electron chi connectivity index (χ1n) is 14.1. The topological polar surface area (TPSA) is 131 Å². The van der Waals surface area contributed by atoms with Gasteiger partial charge in [-0.15, -0.1) is 0 Å². The predicted molar refractivity (Wildman–Crippen MR) is 132 cm³/mol. The molecule has 0 aromatic carbocycles. The van der Waals surface area contributed by atoms with Crippen LogP contribution in [0.3, 0.4) is 0 Å². The molecule has 0 amide bonds. The summed E-state index contributed by atoms with van der Waals surface area (Å²) in [5.41, 5.74) is 7.33. The van der Waals surface area contributed by atoms with Gasteiger partial charge < -0.3 is 35.3 Å². The second-order valence-corrected chi connectivity index (χ2v) is 13.3. The molecule has 14 atom stereocenters. The first-order valence-corrected chi connectivity index (χ1v) is 14.1. The molecule has 4 aliphatic carbocycles. The second kappa shape index (κ2) is 9.16. The van der Waals surface area contributed by atoms with Gasteiger partial charge in [-0.05, 0) is 92.8 Å². The lowest BCUT2D eigenvalue weighted by molar-refractivity contribution is -0.315. The van der Waals surface area contributed by atoms with Gasteiger partial charge in [-0.3, -0.25) is 4.79 Å². The zero-order valence-electron chi connectivity index (χ0n) is 22.6. The molecule has 0 radical (unpaired) electrons. The average molecular weight is 510 g/mol. The van der Waals surface area contributed by atoms with E-state index in [9.17, 15) is 20.1 Å². The van der Waals surface area contributed by atoms with Crippen LogP contribution in [0.5, 0.6) is 0 Å². The number of methoxy groups -OCH3 is 1. The summed E-state index contributed by atoms with van der Waals surface area (Å²) < 4.78 is 17.3. The van der Waals surface area contributed by atoms with Crippen molar-refractivity contribution < 1.29 is 34.3 Å². The lowest BCUT2D eigenvalue weighted by Crippen LogP contribution is -2.67. The van der Waals surface area contributed by atoms with Crippen molar-refractivity contribution in [2.24, 2.45) is 46.2 Å². The Morgan fingerprint density at radius 3 is 2.28 bits per heavy atom. The Bertz CT molecular complexity index is 856. The number of carbonyl (C=O) groups excluding carboxylic acids is 1. The normalized spacial score (nSPS) is 56.9. The minimum Gasteiger partial charge on any atom is -0.469 e. The van der Waals surface area contributed by atoms with Crippen LogP contribution in [0.4, 0.5) is 0 Å². The third-order valence-electron chi connectivity index (χ3n) is 12.1. The van der Waals surface area contributed by atoms with E-state index in [-0.39, 0.29) is 28.3 Å². The monoisotopic (exact) mass is 509 g/mol. The minimum atomic E-state index is -1.39. The number of aliphatic hydroxyl groups is 3. The SMILES string of the molecule is COC(=O)C1C2CC[C@@H]3[C@H](CC[C@]4(C)[C@@H](C)CC[C@]34N)[C@@]2(C)CC[C@@H]1O[C@@H]1O[C@@H](C)[C@H](O)[C@@H](O)[C@H]1O. The van der Waals surface area contributed by atoms with Gasteiger partial charge in [-0.2, -0.15) is 0 Å². The van der Waals surface area contributed by atoms with E-state index in [1.807, 2.05) is 0 Å². The maximum absolute atomic E-state index is 13.3. The van der Waals surface area contributed by atoms with Gasteiger partial charge in [-0.1, -0.05) is 20.8 Å². The van der Waals surface area contributed by atoms with Crippen molar-refractivity contribution in [3.63, 3.8) is 0 Å². The fourth-order valence-electron chi connectivity index (χ4n) is 9.59. The minimum absolute atomic E-state index is 0.0454. The number of fused-ring (bicyclic) bond motifs is 5. The van der Waals surface area contributed by atoms with Crippen LogP contribution in [-0.2, 0) is 19.0 Å². The van der Waals surface area contributed by atoms with E-state index >= 15 is 0 Å². The zero-order valence-corrected chi connectivity index (χ0v) is 22.6. The van der Waals surface area contributed by atoms with E-state index < -0.39 is 42.7 Å². The van der Waals surface area contributed by atoms with E-state index in [0.29, 0.717) is 24.2 Å². The molecule has 4 saturated carbocycles. The van der Waals surface area contributed by atoms with Gasteiger partial charge >= 0.3 is 5.97 Å². The van der Waals surface area contributed by atoms with E-state index in [1.54, 1.807) is 6.92 Å². The summed E-state index contributed by atoms with van der Waals surface area (Å²) in [6.45, 7) is 8.78. The smallest absolute Gasteiger partial charge is 0.311 e. The molecule has 0 aromatic heterocycles. The summed E-state index contributed by atoms with van der Waals surface area (Å²) in [5, 5.41) is 30.9. The van der Waals surface area contributed by atoms with Gasteiger partial charge in [0.05, 0.1) is 25.2 Å². The lowest BCUT2D eigenvalue weighted by Gasteiger charge is -2.65. The number of carbonyl (C=O) groups is 1. The predicted octanol–water partition coefficient (Wildman–Crippen LogP) is 2.36.